The molecule has 1 saturated carbocycles. The number of aliphatic carboxylic acids is 2. The third-order valence-corrected chi connectivity index (χ3v) is 7.15. The Hall–Kier alpha value is -2.28. The van der Waals surface area contributed by atoms with Gasteiger partial charge in [-0.05, 0) is 31.6 Å². The van der Waals surface area contributed by atoms with E-state index in [0.717, 1.165) is 75.1 Å². The lowest BCUT2D eigenvalue weighted by Crippen LogP contribution is -2.39. The molecule has 2 atom stereocenters. The number of carbonyl (C=O) groups is 3. The molecule has 0 radical (unpaired) electrons. The number of ether oxygens (including phenoxy) is 1. The summed E-state index contributed by atoms with van der Waals surface area (Å²) in [4.78, 5) is 42.3. The Morgan fingerprint density at radius 1 is 1.03 bits per heavy atom. The summed E-state index contributed by atoms with van der Waals surface area (Å²) in [5, 5.41) is 33.3. The molecule has 0 bridgehead atoms. The molecule has 12 heteroatoms. The molecular weight excluding hydrogens is 478 g/mol. The van der Waals surface area contributed by atoms with Gasteiger partial charge in [-0.15, -0.1) is 0 Å². The molecule has 2 unspecified atom stereocenters. The van der Waals surface area contributed by atoms with Crippen molar-refractivity contribution in [3.63, 3.8) is 0 Å². The molecule has 1 aromatic heterocycles. The maximum Gasteiger partial charge on any atom is 0.335 e. The van der Waals surface area contributed by atoms with Crippen LogP contribution in [0, 0.1) is 11.8 Å². The number of fused-ring (bicyclic) bond motifs is 1. The standard InChI is InChI=1S/C19H29N3O2S.C4H6O6/c1-13(2)11-21-8-5-15(6-9-21)24-19-20-16-7-10-22(12-17(16)25-19)18(23)14-3-4-14;5-1(3(7)8)2(6)4(9)10/h13-15H,3-12H2,1-2H3;1-2,5-6H,(H,7,8)(H,9,10). The Labute approximate surface area is 208 Å². The molecular formula is C23H35N3O8S. The predicted molar refractivity (Wildman–Crippen MR) is 126 cm³/mol. The van der Waals surface area contributed by atoms with Crippen molar-refractivity contribution in [1.29, 1.82) is 0 Å². The lowest BCUT2D eigenvalue weighted by atomic mass is 10.1. The zero-order chi connectivity index (χ0) is 25.7. The van der Waals surface area contributed by atoms with E-state index in [1.807, 2.05) is 4.90 Å². The number of aromatic nitrogens is 1. The van der Waals surface area contributed by atoms with Crippen LogP contribution in [0.4, 0.5) is 0 Å². The number of hydrogen-bond acceptors (Lipinski definition) is 9. The van der Waals surface area contributed by atoms with E-state index in [2.05, 4.69) is 18.7 Å². The molecule has 1 aromatic rings. The summed E-state index contributed by atoms with van der Waals surface area (Å²) in [5.41, 5.74) is 1.15. The van der Waals surface area contributed by atoms with Crippen molar-refractivity contribution in [2.24, 2.45) is 11.8 Å². The fourth-order valence-corrected chi connectivity index (χ4v) is 5.17. The molecule has 1 amide bonds. The van der Waals surface area contributed by atoms with Crippen LogP contribution in [0.3, 0.4) is 0 Å². The molecule has 196 valence electrons. The quantitative estimate of drug-likeness (QED) is 0.392. The highest BCUT2D eigenvalue weighted by molar-refractivity contribution is 7.13. The maximum absolute atomic E-state index is 12.3. The van der Waals surface area contributed by atoms with Crippen molar-refractivity contribution in [2.75, 3.05) is 26.2 Å². The number of hydrogen-bond donors (Lipinski definition) is 4. The first kappa shape index (κ1) is 27.3. The lowest BCUT2D eigenvalue weighted by Gasteiger charge is -2.32. The molecule has 0 spiro atoms. The maximum atomic E-state index is 12.3. The molecule has 2 fully saturated rings. The van der Waals surface area contributed by atoms with Crippen molar-refractivity contribution in [2.45, 2.75) is 70.8 Å². The molecule has 2 aliphatic heterocycles. The Bertz CT molecular complexity index is 877. The molecule has 35 heavy (non-hydrogen) atoms. The van der Waals surface area contributed by atoms with Crippen LogP contribution >= 0.6 is 11.3 Å². The second-order valence-corrected chi connectivity index (χ2v) is 10.8. The third-order valence-electron chi connectivity index (χ3n) is 6.18. The number of nitrogens with zero attached hydrogens (tertiary/aromatic N) is 3. The molecule has 1 aliphatic carbocycles. The Balaban J connectivity index is 0.000000292. The van der Waals surface area contributed by atoms with Gasteiger partial charge in [-0.2, -0.15) is 0 Å². The third kappa shape index (κ3) is 7.86. The van der Waals surface area contributed by atoms with Gasteiger partial charge >= 0.3 is 11.9 Å². The molecule has 11 nitrogen and oxygen atoms in total. The van der Waals surface area contributed by atoms with Gasteiger partial charge in [0.15, 0.2) is 12.2 Å². The number of thiazole rings is 1. The minimum atomic E-state index is -2.27. The van der Waals surface area contributed by atoms with E-state index < -0.39 is 24.1 Å². The smallest absolute Gasteiger partial charge is 0.335 e. The van der Waals surface area contributed by atoms with Gasteiger partial charge in [0.1, 0.15) is 6.10 Å². The SMILES string of the molecule is CC(C)CN1CCC(Oc2nc3c(s2)CN(C(=O)C2CC2)CC3)CC1.O=C(O)C(O)C(O)C(=O)O. The van der Waals surface area contributed by atoms with Gasteiger partial charge in [-0.3, -0.25) is 4.79 Å². The van der Waals surface area contributed by atoms with Crippen LogP contribution in [0.2, 0.25) is 0 Å². The van der Waals surface area contributed by atoms with Crippen LogP contribution in [0.1, 0.15) is 50.1 Å². The van der Waals surface area contributed by atoms with E-state index in [0.29, 0.717) is 17.9 Å². The first-order chi connectivity index (χ1) is 16.5. The molecule has 3 aliphatic rings. The van der Waals surface area contributed by atoms with Crippen LogP contribution < -0.4 is 4.74 Å². The normalized spacial score (nSPS) is 20.4. The highest BCUT2D eigenvalue weighted by atomic mass is 32.1. The largest absolute Gasteiger partial charge is 0.479 e. The highest BCUT2D eigenvalue weighted by Crippen LogP contribution is 2.35. The van der Waals surface area contributed by atoms with E-state index >= 15 is 0 Å². The number of carbonyl (C=O) groups excluding carboxylic acids is 1. The fourth-order valence-electron chi connectivity index (χ4n) is 4.14. The zero-order valence-corrected chi connectivity index (χ0v) is 20.9. The van der Waals surface area contributed by atoms with Crippen molar-refractivity contribution in [3.05, 3.63) is 10.6 Å². The second kappa shape index (κ2) is 12.1. The van der Waals surface area contributed by atoms with Crippen LogP contribution in [-0.2, 0) is 27.3 Å². The molecule has 3 heterocycles. The number of carboxylic acid groups (broad SMARTS) is 2. The van der Waals surface area contributed by atoms with Crippen LogP contribution in [0.25, 0.3) is 0 Å². The first-order valence-electron chi connectivity index (χ1n) is 12.0. The number of rotatable bonds is 8. The van der Waals surface area contributed by atoms with E-state index in [-0.39, 0.29) is 0 Å². The van der Waals surface area contributed by atoms with Gasteiger partial charge in [0.25, 0.3) is 5.19 Å². The van der Waals surface area contributed by atoms with Crippen LogP contribution in [-0.4, -0.2) is 97.5 Å². The van der Waals surface area contributed by atoms with Crippen LogP contribution in [0.15, 0.2) is 0 Å². The molecule has 4 rings (SSSR count). The topological polar surface area (TPSA) is 161 Å². The van der Waals surface area contributed by atoms with E-state index in [1.54, 1.807) is 11.3 Å². The molecule has 1 saturated heterocycles. The fraction of sp³-hybridized carbons (Fsp3) is 0.739. The van der Waals surface area contributed by atoms with E-state index in [9.17, 15) is 14.4 Å². The molecule has 4 N–H and O–H groups in total. The summed E-state index contributed by atoms with van der Waals surface area (Å²) in [7, 11) is 0. The summed E-state index contributed by atoms with van der Waals surface area (Å²) in [5.74, 6) is -2.16. The lowest BCUT2D eigenvalue weighted by molar-refractivity contribution is -0.165. The number of likely N-dealkylation sites (tertiary alicyclic amines) is 1. The number of aliphatic hydroxyl groups excluding tert-OH is 2. The second-order valence-electron chi connectivity index (χ2n) is 9.71. The first-order valence-corrected chi connectivity index (χ1v) is 12.8. The Morgan fingerprint density at radius 3 is 2.14 bits per heavy atom. The Morgan fingerprint density at radius 2 is 1.63 bits per heavy atom. The minimum absolute atomic E-state index is 0.292. The van der Waals surface area contributed by atoms with Gasteiger partial charge in [0, 0.05) is 38.5 Å². The highest BCUT2D eigenvalue weighted by Gasteiger charge is 2.35. The van der Waals surface area contributed by atoms with Crippen molar-refractivity contribution < 1.29 is 39.5 Å². The van der Waals surface area contributed by atoms with Crippen molar-refractivity contribution in [1.82, 2.24) is 14.8 Å². The van der Waals surface area contributed by atoms with E-state index in [1.165, 1.54) is 11.4 Å². The van der Waals surface area contributed by atoms with Crippen molar-refractivity contribution >= 4 is 29.2 Å². The predicted octanol–water partition coefficient (Wildman–Crippen LogP) is 0.814. The monoisotopic (exact) mass is 513 g/mol. The minimum Gasteiger partial charge on any atom is -0.479 e. The zero-order valence-electron chi connectivity index (χ0n) is 20.1. The summed E-state index contributed by atoms with van der Waals surface area (Å²) in [6.45, 7) is 9.54. The summed E-state index contributed by atoms with van der Waals surface area (Å²) >= 11 is 1.65. The van der Waals surface area contributed by atoms with Gasteiger partial charge in [0.2, 0.25) is 5.91 Å². The Kier molecular flexibility index (Phi) is 9.45. The van der Waals surface area contributed by atoms with Gasteiger partial charge < -0.3 is 35.0 Å². The summed E-state index contributed by atoms with van der Waals surface area (Å²) < 4.78 is 6.19. The number of aliphatic hydroxyl groups is 2. The van der Waals surface area contributed by atoms with E-state index in [4.69, 9.17) is 30.1 Å². The van der Waals surface area contributed by atoms with Gasteiger partial charge in [-0.1, -0.05) is 25.2 Å². The average Bonchev–Trinajstić information content (AvgIpc) is 3.58. The van der Waals surface area contributed by atoms with Gasteiger partial charge in [0.05, 0.1) is 17.1 Å². The summed E-state index contributed by atoms with van der Waals surface area (Å²) in [6.07, 6.45) is 0.964. The summed E-state index contributed by atoms with van der Waals surface area (Å²) in [6, 6.07) is 0. The average molecular weight is 514 g/mol. The van der Waals surface area contributed by atoms with Gasteiger partial charge in [-0.25, -0.2) is 14.6 Å². The van der Waals surface area contributed by atoms with Crippen LogP contribution in [0.5, 0.6) is 5.19 Å². The number of amides is 1. The number of carboxylic acids is 2. The molecule has 0 aromatic carbocycles. The number of piperidine rings is 1. The van der Waals surface area contributed by atoms with Crippen molar-refractivity contribution in [3.8, 4) is 5.19 Å².